The maximum Gasteiger partial charge on any atom is 0.191 e. The van der Waals surface area contributed by atoms with Crippen LogP contribution < -0.4 is 10.6 Å². The second kappa shape index (κ2) is 10.7. The summed E-state index contributed by atoms with van der Waals surface area (Å²) in [6.45, 7) is 8.21. The van der Waals surface area contributed by atoms with Gasteiger partial charge in [-0.25, -0.2) is 14.7 Å². The zero-order valence-corrected chi connectivity index (χ0v) is 18.6. The first-order valence-electron chi connectivity index (χ1n) is 11.6. The molecule has 0 radical (unpaired) electrons. The molecule has 2 aromatic rings. The molecule has 0 spiro atoms. The summed E-state index contributed by atoms with van der Waals surface area (Å²) >= 11 is 0. The van der Waals surface area contributed by atoms with Gasteiger partial charge in [-0.05, 0) is 43.5 Å². The Balaban J connectivity index is 1.43. The minimum atomic E-state index is 0.210. The summed E-state index contributed by atoms with van der Waals surface area (Å²) in [5.74, 6) is 1.68. The number of hydrogen-bond acceptors (Lipinski definition) is 5. The third-order valence-electron chi connectivity index (χ3n) is 6.36. The highest BCUT2D eigenvalue weighted by molar-refractivity contribution is 5.79. The van der Waals surface area contributed by atoms with E-state index in [9.17, 15) is 0 Å². The average Bonchev–Trinajstić information content (AvgIpc) is 3.37. The summed E-state index contributed by atoms with van der Waals surface area (Å²) in [6.07, 6.45) is 11.9. The minimum absolute atomic E-state index is 0.210. The van der Waals surface area contributed by atoms with Crippen LogP contribution in [0.4, 0.5) is 0 Å². The first kappa shape index (κ1) is 21.8. The van der Waals surface area contributed by atoms with Crippen LogP contribution in [0, 0.1) is 0 Å². The van der Waals surface area contributed by atoms with Crippen LogP contribution in [0.2, 0.25) is 0 Å². The third kappa shape index (κ3) is 5.62. The SMILES string of the molecule is CCNC(=NCc1ccnc(-n2cccn2)c1)NCC1(N2CCOCC2)CCCCC1. The van der Waals surface area contributed by atoms with E-state index in [4.69, 9.17) is 9.73 Å². The van der Waals surface area contributed by atoms with E-state index < -0.39 is 0 Å². The molecule has 1 aliphatic carbocycles. The van der Waals surface area contributed by atoms with Crippen molar-refractivity contribution in [2.75, 3.05) is 39.4 Å². The van der Waals surface area contributed by atoms with Crippen LogP contribution in [0.15, 0.2) is 41.8 Å². The Morgan fingerprint density at radius 3 is 2.74 bits per heavy atom. The molecule has 0 bridgehead atoms. The normalized spacial score (nSPS) is 19.8. The van der Waals surface area contributed by atoms with Gasteiger partial charge in [-0.3, -0.25) is 4.90 Å². The maximum atomic E-state index is 5.61. The van der Waals surface area contributed by atoms with Crippen LogP contribution in [0.1, 0.15) is 44.6 Å². The zero-order valence-electron chi connectivity index (χ0n) is 18.6. The fraction of sp³-hybridized carbons (Fsp3) is 0.609. The Morgan fingerprint density at radius 2 is 2.00 bits per heavy atom. The molecule has 0 aromatic carbocycles. The van der Waals surface area contributed by atoms with Gasteiger partial charge in [0.2, 0.25) is 0 Å². The summed E-state index contributed by atoms with van der Waals surface area (Å²) in [6, 6.07) is 5.95. The average molecular weight is 426 g/mol. The molecule has 2 N–H and O–H groups in total. The van der Waals surface area contributed by atoms with Crippen molar-refractivity contribution in [2.24, 2.45) is 4.99 Å². The van der Waals surface area contributed by atoms with Crippen LogP contribution in [-0.4, -0.2) is 70.6 Å². The lowest BCUT2D eigenvalue weighted by Gasteiger charge is -2.48. The number of aromatic nitrogens is 3. The summed E-state index contributed by atoms with van der Waals surface area (Å²) in [5, 5.41) is 11.3. The Morgan fingerprint density at radius 1 is 1.16 bits per heavy atom. The van der Waals surface area contributed by atoms with E-state index in [1.165, 1.54) is 32.1 Å². The number of nitrogens with zero attached hydrogens (tertiary/aromatic N) is 5. The molecular weight excluding hydrogens is 390 g/mol. The number of ether oxygens (including phenoxy) is 1. The second-order valence-electron chi connectivity index (χ2n) is 8.41. The molecule has 1 saturated carbocycles. The highest BCUT2D eigenvalue weighted by atomic mass is 16.5. The molecule has 31 heavy (non-hydrogen) atoms. The Bertz CT molecular complexity index is 824. The van der Waals surface area contributed by atoms with Gasteiger partial charge in [-0.15, -0.1) is 0 Å². The predicted molar refractivity (Wildman–Crippen MR) is 122 cm³/mol. The summed E-state index contributed by atoms with van der Waals surface area (Å²) in [4.78, 5) is 11.9. The smallest absolute Gasteiger partial charge is 0.191 e. The van der Waals surface area contributed by atoms with E-state index in [0.717, 1.165) is 56.7 Å². The highest BCUT2D eigenvalue weighted by Crippen LogP contribution is 2.33. The van der Waals surface area contributed by atoms with Gasteiger partial charge in [0.1, 0.15) is 0 Å². The van der Waals surface area contributed by atoms with Gasteiger partial charge in [0, 0.05) is 50.3 Å². The van der Waals surface area contributed by atoms with Crippen LogP contribution in [0.25, 0.3) is 5.82 Å². The molecule has 2 aromatic heterocycles. The summed E-state index contributed by atoms with van der Waals surface area (Å²) in [7, 11) is 0. The molecule has 2 fully saturated rings. The standard InChI is InChI=1S/C23H35N7O/c1-2-24-22(26-18-20-7-11-25-21(17-20)30-12-6-10-28-30)27-19-23(8-4-3-5-9-23)29-13-15-31-16-14-29/h6-7,10-12,17H,2-5,8-9,13-16,18-19H2,1H3,(H2,24,26,27). The molecule has 2 aliphatic rings. The molecule has 4 rings (SSSR count). The largest absolute Gasteiger partial charge is 0.379 e. The van der Waals surface area contributed by atoms with E-state index in [2.05, 4.69) is 32.5 Å². The van der Waals surface area contributed by atoms with Crippen molar-refractivity contribution in [3.05, 3.63) is 42.4 Å². The lowest BCUT2D eigenvalue weighted by Crippen LogP contribution is -2.60. The second-order valence-corrected chi connectivity index (χ2v) is 8.41. The molecule has 8 heteroatoms. The van der Waals surface area contributed by atoms with Gasteiger partial charge in [0.25, 0.3) is 0 Å². The summed E-state index contributed by atoms with van der Waals surface area (Å²) in [5.41, 5.74) is 1.32. The first-order chi connectivity index (χ1) is 15.3. The van der Waals surface area contributed by atoms with Crippen molar-refractivity contribution in [1.29, 1.82) is 0 Å². The van der Waals surface area contributed by atoms with Crippen molar-refractivity contribution >= 4 is 5.96 Å². The first-order valence-corrected chi connectivity index (χ1v) is 11.6. The van der Waals surface area contributed by atoms with E-state index in [1.807, 2.05) is 30.6 Å². The molecule has 8 nitrogen and oxygen atoms in total. The molecular formula is C23H35N7O. The molecule has 0 unspecified atom stereocenters. The van der Waals surface area contributed by atoms with Gasteiger partial charge < -0.3 is 15.4 Å². The van der Waals surface area contributed by atoms with Crippen LogP contribution in [0.3, 0.4) is 0 Å². The van der Waals surface area contributed by atoms with Gasteiger partial charge >= 0.3 is 0 Å². The number of pyridine rings is 1. The van der Waals surface area contributed by atoms with Gasteiger partial charge in [-0.1, -0.05) is 19.3 Å². The molecule has 1 saturated heterocycles. The number of guanidine groups is 1. The number of hydrogen-bond donors (Lipinski definition) is 2. The van der Waals surface area contributed by atoms with Crippen molar-refractivity contribution in [2.45, 2.75) is 51.1 Å². The fourth-order valence-corrected chi connectivity index (χ4v) is 4.70. The van der Waals surface area contributed by atoms with Crippen molar-refractivity contribution < 1.29 is 4.74 Å². The van der Waals surface area contributed by atoms with Crippen molar-refractivity contribution in [3.63, 3.8) is 0 Å². The molecule has 0 atom stereocenters. The van der Waals surface area contributed by atoms with E-state index in [1.54, 1.807) is 10.9 Å². The Labute approximate surface area is 185 Å². The van der Waals surface area contributed by atoms with Gasteiger partial charge in [0.15, 0.2) is 11.8 Å². The van der Waals surface area contributed by atoms with Gasteiger partial charge in [0.05, 0.1) is 19.8 Å². The Kier molecular flexibility index (Phi) is 7.53. The van der Waals surface area contributed by atoms with E-state index in [-0.39, 0.29) is 5.54 Å². The topological polar surface area (TPSA) is 79.6 Å². The predicted octanol–water partition coefficient (Wildman–Crippen LogP) is 2.36. The maximum absolute atomic E-state index is 5.61. The summed E-state index contributed by atoms with van der Waals surface area (Å²) < 4.78 is 7.38. The number of nitrogens with one attached hydrogen (secondary N) is 2. The van der Waals surface area contributed by atoms with Crippen LogP contribution in [0.5, 0.6) is 0 Å². The van der Waals surface area contributed by atoms with Gasteiger partial charge in [-0.2, -0.15) is 5.10 Å². The number of morpholine rings is 1. The van der Waals surface area contributed by atoms with Crippen molar-refractivity contribution in [3.8, 4) is 5.82 Å². The van der Waals surface area contributed by atoms with Crippen LogP contribution >= 0.6 is 0 Å². The van der Waals surface area contributed by atoms with Crippen molar-refractivity contribution in [1.82, 2.24) is 30.3 Å². The minimum Gasteiger partial charge on any atom is -0.379 e. The Hall–Kier alpha value is -2.45. The number of rotatable bonds is 7. The fourth-order valence-electron chi connectivity index (χ4n) is 4.70. The van der Waals surface area contributed by atoms with Crippen LogP contribution in [-0.2, 0) is 11.3 Å². The van der Waals surface area contributed by atoms with E-state index in [0.29, 0.717) is 6.54 Å². The number of aliphatic imine (C=N–C) groups is 1. The molecule has 0 amide bonds. The zero-order chi connectivity index (χ0) is 21.4. The highest BCUT2D eigenvalue weighted by Gasteiger charge is 2.38. The third-order valence-corrected chi connectivity index (χ3v) is 6.36. The van der Waals surface area contributed by atoms with E-state index >= 15 is 0 Å². The quantitative estimate of drug-likeness (QED) is 0.524. The molecule has 3 heterocycles. The lowest BCUT2D eigenvalue weighted by atomic mass is 9.80. The molecule has 1 aliphatic heterocycles. The molecule has 168 valence electrons. The monoisotopic (exact) mass is 425 g/mol. The lowest BCUT2D eigenvalue weighted by molar-refractivity contribution is -0.0352.